The predicted molar refractivity (Wildman–Crippen MR) is 130 cm³/mol. The Morgan fingerprint density at radius 3 is 2.62 bits per heavy atom. The van der Waals surface area contributed by atoms with Crippen molar-refractivity contribution in [2.75, 3.05) is 24.5 Å². The Balaban J connectivity index is 1.47. The third kappa shape index (κ3) is 3.77. The second-order valence-electron chi connectivity index (χ2n) is 8.80. The van der Waals surface area contributed by atoms with Gasteiger partial charge in [-0.05, 0) is 41.3 Å². The molecule has 1 aliphatic heterocycles. The van der Waals surface area contributed by atoms with E-state index in [1.165, 1.54) is 16.8 Å². The maximum absolute atomic E-state index is 13.5. The highest BCUT2D eigenvalue weighted by atomic mass is 16.2. The molecule has 2 heterocycles. The first kappa shape index (κ1) is 20.4. The molecule has 0 bridgehead atoms. The van der Waals surface area contributed by atoms with Crippen LogP contribution in [0.2, 0.25) is 0 Å². The Kier molecular flexibility index (Phi) is 5.44. The van der Waals surface area contributed by atoms with Crippen molar-refractivity contribution in [3.05, 3.63) is 102 Å². The molecule has 1 N–H and O–H groups in total. The molecule has 1 radical (unpaired) electrons. The van der Waals surface area contributed by atoms with Gasteiger partial charge in [0, 0.05) is 42.4 Å². The third-order valence-electron chi connectivity index (χ3n) is 6.47. The number of carbonyl (C=O) groups is 1. The van der Waals surface area contributed by atoms with Crippen molar-refractivity contribution in [1.82, 2.24) is 9.88 Å². The molecule has 1 unspecified atom stereocenters. The Labute approximate surface area is 189 Å². The highest BCUT2D eigenvalue weighted by Gasteiger charge is 2.32. The number of hydrogen-bond donors (Lipinski definition) is 1. The molecule has 1 aliphatic rings. The number of hydrogen-bond acceptors (Lipinski definition) is 2. The summed E-state index contributed by atoms with van der Waals surface area (Å²) in [6.07, 6.45) is 1.85. The van der Waals surface area contributed by atoms with Crippen LogP contribution in [0.4, 0.5) is 5.69 Å². The predicted octanol–water partition coefficient (Wildman–Crippen LogP) is 5.80. The number of fused-ring (bicyclic) bond motifs is 1. The molecular formula is C28H28N3O. The molecule has 32 heavy (non-hydrogen) atoms. The van der Waals surface area contributed by atoms with Gasteiger partial charge in [0.05, 0.1) is 11.6 Å². The number of aromatic amines is 1. The van der Waals surface area contributed by atoms with Crippen LogP contribution in [0.1, 0.15) is 47.3 Å². The zero-order valence-corrected chi connectivity index (χ0v) is 18.6. The van der Waals surface area contributed by atoms with Gasteiger partial charge in [0.2, 0.25) is 0 Å². The average molecular weight is 423 g/mol. The fourth-order valence-electron chi connectivity index (χ4n) is 4.63. The molecule has 1 fully saturated rings. The molecule has 0 spiro atoms. The van der Waals surface area contributed by atoms with E-state index in [4.69, 9.17) is 0 Å². The first-order valence-corrected chi connectivity index (χ1v) is 11.3. The number of benzene rings is 3. The van der Waals surface area contributed by atoms with Gasteiger partial charge >= 0.3 is 0 Å². The number of anilines is 1. The van der Waals surface area contributed by atoms with Crippen molar-refractivity contribution < 1.29 is 4.79 Å². The minimum Gasteiger partial charge on any atom is -0.361 e. The lowest BCUT2D eigenvalue weighted by Gasteiger charge is -2.43. The fraction of sp³-hybridized carbons (Fsp3) is 0.250. The van der Waals surface area contributed by atoms with Crippen LogP contribution in [0, 0.1) is 6.07 Å². The fourth-order valence-corrected chi connectivity index (χ4v) is 4.63. The molecule has 1 amide bonds. The van der Waals surface area contributed by atoms with Crippen LogP contribution in [0.15, 0.2) is 79.0 Å². The molecule has 1 aromatic heterocycles. The molecule has 4 nitrogen and oxygen atoms in total. The molecule has 1 saturated heterocycles. The summed E-state index contributed by atoms with van der Waals surface area (Å²) < 4.78 is 0. The van der Waals surface area contributed by atoms with E-state index in [-0.39, 0.29) is 11.9 Å². The lowest BCUT2D eigenvalue weighted by atomic mass is 9.98. The zero-order chi connectivity index (χ0) is 22.1. The number of para-hydroxylation sites is 1. The van der Waals surface area contributed by atoms with Crippen LogP contribution in [0.25, 0.3) is 10.9 Å². The van der Waals surface area contributed by atoms with Crippen molar-refractivity contribution in [3.63, 3.8) is 0 Å². The largest absolute Gasteiger partial charge is 0.361 e. The highest BCUT2D eigenvalue weighted by molar-refractivity contribution is 6.06. The normalized spacial score (nSPS) is 16.7. The summed E-state index contributed by atoms with van der Waals surface area (Å²) in [6, 6.07) is 28.3. The maximum atomic E-state index is 13.5. The van der Waals surface area contributed by atoms with Crippen molar-refractivity contribution in [2.45, 2.75) is 25.8 Å². The Morgan fingerprint density at radius 1 is 1.03 bits per heavy atom. The van der Waals surface area contributed by atoms with Gasteiger partial charge in [-0.25, -0.2) is 0 Å². The van der Waals surface area contributed by atoms with E-state index in [1.807, 2.05) is 41.4 Å². The zero-order valence-electron chi connectivity index (χ0n) is 18.6. The first-order valence-electron chi connectivity index (χ1n) is 11.3. The Hall–Kier alpha value is -3.53. The smallest absolute Gasteiger partial charge is 0.256 e. The van der Waals surface area contributed by atoms with E-state index in [9.17, 15) is 4.79 Å². The van der Waals surface area contributed by atoms with Crippen molar-refractivity contribution in [3.8, 4) is 0 Å². The lowest BCUT2D eigenvalue weighted by Crippen LogP contribution is -2.50. The van der Waals surface area contributed by atoms with Crippen LogP contribution < -0.4 is 4.90 Å². The van der Waals surface area contributed by atoms with Gasteiger partial charge in [-0.15, -0.1) is 0 Å². The molecule has 161 valence electrons. The third-order valence-corrected chi connectivity index (χ3v) is 6.47. The molecule has 0 saturated carbocycles. The van der Waals surface area contributed by atoms with E-state index in [1.54, 1.807) is 0 Å². The number of nitrogens with one attached hydrogen (secondary N) is 1. The van der Waals surface area contributed by atoms with Crippen LogP contribution in [-0.2, 0) is 0 Å². The van der Waals surface area contributed by atoms with Gasteiger partial charge < -0.3 is 14.8 Å². The second kappa shape index (κ2) is 8.54. The van der Waals surface area contributed by atoms with Gasteiger partial charge in [0.15, 0.2) is 0 Å². The average Bonchev–Trinajstić information content (AvgIpc) is 3.28. The molecule has 4 aromatic rings. The minimum absolute atomic E-state index is 0.0884. The minimum atomic E-state index is 0.0884. The molecule has 0 aliphatic carbocycles. The summed E-state index contributed by atoms with van der Waals surface area (Å²) in [5.74, 6) is 0.539. The summed E-state index contributed by atoms with van der Waals surface area (Å²) >= 11 is 0. The lowest BCUT2D eigenvalue weighted by molar-refractivity contribution is 0.0724. The summed E-state index contributed by atoms with van der Waals surface area (Å²) in [5.41, 5.74) is 5.42. The quantitative estimate of drug-likeness (QED) is 0.452. The van der Waals surface area contributed by atoms with E-state index in [2.05, 4.69) is 72.3 Å². The monoisotopic (exact) mass is 422 g/mol. The molecular weight excluding hydrogens is 394 g/mol. The molecule has 4 heteroatoms. The number of H-pyrrole nitrogens is 1. The number of aromatic nitrogens is 1. The standard InChI is InChI=1S/C28H28N3O/c1-20(2)22-11-8-12-23(17-22)31-16-15-30(19-27(31)21-9-4-3-5-10-21)28(32)25-18-29-26-14-7-6-13-24(25)26/h3-7,9-14,17-18,20,27,29H,15-16,19H2,1-2H3. The Morgan fingerprint density at radius 2 is 1.81 bits per heavy atom. The van der Waals surface area contributed by atoms with Crippen molar-refractivity contribution >= 4 is 22.5 Å². The number of piperazine rings is 1. The van der Waals surface area contributed by atoms with Gasteiger partial charge in [-0.3, -0.25) is 4.79 Å². The molecule has 3 aromatic carbocycles. The van der Waals surface area contributed by atoms with E-state index in [0.29, 0.717) is 19.0 Å². The van der Waals surface area contributed by atoms with E-state index in [0.717, 1.165) is 23.0 Å². The van der Waals surface area contributed by atoms with Gasteiger partial charge in [-0.2, -0.15) is 0 Å². The highest BCUT2D eigenvalue weighted by Crippen LogP contribution is 2.33. The topological polar surface area (TPSA) is 39.3 Å². The summed E-state index contributed by atoms with van der Waals surface area (Å²) in [4.78, 5) is 21.2. The Bertz CT molecular complexity index is 1230. The summed E-state index contributed by atoms with van der Waals surface area (Å²) in [5, 5.41) is 0.982. The van der Waals surface area contributed by atoms with Crippen LogP contribution in [0.5, 0.6) is 0 Å². The van der Waals surface area contributed by atoms with Crippen molar-refractivity contribution in [1.29, 1.82) is 0 Å². The van der Waals surface area contributed by atoms with Gasteiger partial charge in [0.25, 0.3) is 5.91 Å². The summed E-state index contributed by atoms with van der Waals surface area (Å²) in [7, 11) is 0. The van der Waals surface area contributed by atoms with E-state index >= 15 is 0 Å². The SMILES string of the molecule is CC(C)c1c[c]cc(N2CCN(C(=O)c3c[nH]c4ccccc34)CC2c2ccccc2)c1. The molecule has 1 atom stereocenters. The van der Waals surface area contributed by atoms with Gasteiger partial charge in [0.1, 0.15) is 0 Å². The first-order chi connectivity index (χ1) is 15.6. The number of amides is 1. The second-order valence-corrected chi connectivity index (χ2v) is 8.80. The number of rotatable bonds is 4. The maximum Gasteiger partial charge on any atom is 0.256 e. The van der Waals surface area contributed by atoms with Crippen LogP contribution >= 0.6 is 0 Å². The van der Waals surface area contributed by atoms with Crippen LogP contribution in [-0.4, -0.2) is 35.4 Å². The number of nitrogens with zero attached hydrogens (tertiary/aromatic N) is 2. The van der Waals surface area contributed by atoms with Gasteiger partial charge in [-0.1, -0.05) is 68.4 Å². The number of carbonyl (C=O) groups excluding carboxylic acids is 1. The summed E-state index contributed by atoms with van der Waals surface area (Å²) in [6.45, 7) is 6.53. The van der Waals surface area contributed by atoms with Crippen LogP contribution in [0.3, 0.4) is 0 Å². The molecule has 5 rings (SSSR count). The van der Waals surface area contributed by atoms with Crippen molar-refractivity contribution in [2.24, 2.45) is 0 Å². The van der Waals surface area contributed by atoms with E-state index < -0.39 is 0 Å².